The van der Waals surface area contributed by atoms with Gasteiger partial charge in [0.25, 0.3) is 0 Å². The zero-order valence-corrected chi connectivity index (χ0v) is 16.6. The Labute approximate surface area is 148 Å². The van der Waals surface area contributed by atoms with E-state index in [2.05, 4.69) is 31.0 Å². The Morgan fingerprint density at radius 1 is 1.19 bits per heavy atom. The summed E-state index contributed by atoms with van der Waals surface area (Å²) in [6.07, 6.45) is 4.83. The lowest BCUT2D eigenvalue weighted by Gasteiger charge is -2.37. The van der Waals surface area contributed by atoms with Crippen LogP contribution in [0.25, 0.3) is 0 Å². The van der Waals surface area contributed by atoms with Crippen LogP contribution in [0.5, 0.6) is 0 Å². The maximum atomic E-state index is 5.07. The standard InChI is InChI=1S/C16H33N3O.HI/c1-5-17-16(18-9-7-6-8-10-20-4)19-12-14(2)11-15(3)13-19;/h14-15H,5-13H2,1-4H3,(H,17,18);1H. The Morgan fingerprint density at radius 3 is 2.43 bits per heavy atom. The fraction of sp³-hybridized carbons (Fsp3) is 0.938. The van der Waals surface area contributed by atoms with Crippen molar-refractivity contribution in [1.29, 1.82) is 0 Å². The lowest BCUT2D eigenvalue weighted by molar-refractivity contribution is 0.192. The zero-order valence-electron chi connectivity index (χ0n) is 14.2. The second-order valence-corrected chi connectivity index (χ2v) is 6.14. The van der Waals surface area contributed by atoms with E-state index in [4.69, 9.17) is 9.73 Å². The van der Waals surface area contributed by atoms with Gasteiger partial charge in [-0.05, 0) is 44.4 Å². The molecule has 0 amide bonds. The van der Waals surface area contributed by atoms with E-state index in [1.807, 2.05) is 0 Å². The van der Waals surface area contributed by atoms with Crippen LogP contribution in [0.3, 0.4) is 0 Å². The highest BCUT2D eigenvalue weighted by molar-refractivity contribution is 14.0. The molecule has 0 saturated carbocycles. The second-order valence-electron chi connectivity index (χ2n) is 6.14. The third-order valence-corrected chi connectivity index (χ3v) is 3.77. The van der Waals surface area contributed by atoms with E-state index >= 15 is 0 Å². The van der Waals surface area contributed by atoms with Crippen LogP contribution in [0.2, 0.25) is 0 Å². The number of guanidine groups is 1. The molecule has 1 rings (SSSR count). The number of methoxy groups -OCH3 is 1. The van der Waals surface area contributed by atoms with Gasteiger partial charge in [-0.2, -0.15) is 0 Å². The number of halogens is 1. The zero-order chi connectivity index (χ0) is 14.8. The molecule has 0 radical (unpaired) electrons. The summed E-state index contributed by atoms with van der Waals surface area (Å²) >= 11 is 0. The number of ether oxygens (including phenoxy) is 1. The molecule has 1 fully saturated rings. The minimum absolute atomic E-state index is 0. The molecule has 4 nitrogen and oxygen atoms in total. The molecule has 2 atom stereocenters. The summed E-state index contributed by atoms with van der Waals surface area (Å²) in [7, 11) is 1.76. The van der Waals surface area contributed by atoms with Crippen LogP contribution in [0.4, 0.5) is 0 Å². The maximum absolute atomic E-state index is 5.07. The van der Waals surface area contributed by atoms with E-state index in [1.54, 1.807) is 7.11 Å². The van der Waals surface area contributed by atoms with Crippen molar-refractivity contribution >= 4 is 29.9 Å². The lowest BCUT2D eigenvalue weighted by atomic mass is 9.92. The van der Waals surface area contributed by atoms with Crippen LogP contribution in [0.15, 0.2) is 4.99 Å². The Kier molecular flexibility index (Phi) is 12.5. The van der Waals surface area contributed by atoms with E-state index in [9.17, 15) is 0 Å². The number of nitrogens with zero attached hydrogens (tertiary/aromatic N) is 2. The molecular weight excluding hydrogens is 377 g/mol. The molecule has 1 N–H and O–H groups in total. The molecule has 1 heterocycles. The summed E-state index contributed by atoms with van der Waals surface area (Å²) in [6, 6.07) is 0. The fourth-order valence-electron chi connectivity index (χ4n) is 2.98. The third kappa shape index (κ3) is 8.86. The van der Waals surface area contributed by atoms with E-state index < -0.39 is 0 Å². The van der Waals surface area contributed by atoms with Gasteiger partial charge in [-0.25, -0.2) is 0 Å². The first-order valence-corrected chi connectivity index (χ1v) is 8.19. The summed E-state index contributed by atoms with van der Waals surface area (Å²) in [6.45, 7) is 11.8. The quantitative estimate of drug-likeness (QED) is 0.302. The molecule has 0 spiro atoms. The van der Waals surface area contributed by atoms with Gasteiger partial charge < -0.3 is 15.0 Å². The van der Waals surface area contributed by atoms with Crippen molar-refractivity contribution in [2.45, 2.75) is 46.5 Å². The summed E-state index contributed by atoms with van der Waals surface area (Å²) in [5, 5.41) is 3.45. The lowest BCUT2D eigenvalue weighted by Crippen LogP contribution is -2.48. The summed E-state index contributed by atoms with van der Waals surface area (Å²) in [5.74, 6) is 2.64. The molecule has 0 aromatic heterocycles. The number of hydrogen-bond donors (Lipinski definition) is 1. The second kappa shape index (κ2) is 12.5. The van der Waals surface area contributed by atoms with Crippen molar-refractivity contribution in [2.75, 3.05) is 39.9 Å². The minimum atomic E-state index is 0. The highest BCUT2D eigenvalue weighted by Crippen LogP contribution is 2.20. The fourth-order valence-corrected chi connectivity index (χ4v) is 2.98. The number of likely N-dealkylation sites (tertiary alicyclic amines) is 1. The van der Waals surface area contributed by atoms with Gasteiger partial charge in [0.2, 0.25) is 0 Å². The Morgan fingerprint density at radius 2 is 1.86 bits per heavy atom. The molecular formula is C16H34IN3O. The predicted molar refractivity (Wildman–Crippen MR) is 102 cm³/mol. The van der Waals surface area contributed by atoms with Crippen LogP contribution in [-0.4, -0.2) is 50.8 Å². The average Bonchev–Trinajstić information content (AvgIpc) is 2.40. The molecule has 0 aliphatic carbocycles. The molecule has 2 unspecified atom stereocenters. The first-order chi connectivity index (χ1) is 9.67. The Bertz CT molecular complexity index is 277. The van der Waals surface area contributed by atoms with Gasteiger partial charge >= 0.3 is 0 Å². The van der Waals surface area contributed by atoms with Crippen LogP contribution in [-0.2, 0) is 4.74 Å². The molecule has 126 valence electrons. The molecule has 0 bridgehead atoms. The molecule has 0 aromatic carbocycles. The van der Waals surface area contributed by atoms with Gasteiger partial charge in [-0.15, -0.1) is 24.0 Å². The molecule has 1 saturated heterocycles. The number of nitrogens with one attached hydrogen (secondary N) is 1. The highest BCUT2D eigenvalue weighted by atomic mass is 127. The van der Waals surface area contributed by atoms with Crippen molar-refractivity contribution in [3.63, 3.8) is 0 Å². The number of hydrogen-bond acceptors (Lipinski definition) is 2. The number of unbranched alkanes of at least 4 members (excludes halogenated alkanes) is 2. The van der Waals surface area contributed by atoms with Crippen molar-refractivity contribution in [1.82, 2.24) is 10.2 Å². The Hall–Kier alpha value is -0.0400. The topological polar surface area (TPSA) is 36.9 Å². The van der Waals surface area contributed by atoms with Crippen LogP contribution >= 0.6 is 24.0 Å². The predicted octanol–water partition coefficient (Wildman–Crippen LogP) is 3.36. The monoisotopic (exact) mass is 411 g/mol. The largest absolute Gasteiger partial charge is 0.385 e. The molecule has 1 aliphatic rings. The van der Waals surface area contributed by atoms with Crippen molar-refractivity contribution in [3.8, 4) is 0 Å². The van der Waals surface area contributed by atoms with Crippen LogP contribution in [0.1, 0.15) is 46.5 Å². The Balaban J connectivity index is 0.00000400. The maximum Gasteiger partial charge on any atom is 0.193 e. The van der Waals surface area contributed by atoms with Gasteiger partial charge in [-0.1, -0.05) is 13.8 Å². The van der Waals surface area contributed by atoms with E-state index in [1.165, 1.54) is 12.8 Å². The van der Waals surface area contributed by atoms with E-state index in [0.29, 0.717) is 0 Å². The number of piperidine rings is 1. The first kappa shape index (κ1) is 21.0. The minimum Gasteiger partial charge on any atom is -0.385 e. The summed E-state index contributed by atoms with van der Waals surface area (Å²) < 4.78 is 5.07. The summed E-state index contributed by atoms with van der Waals surface area (Å²) in [4.78, 5) is 7.24. The van der Waals surface area contributed by atoms with Crippen molar-refractivity contribution < 1.29 is 4.74 Å². The van der Waals surface area contributed by atoms with E-state index in [0.717, 1.165) is 63.4 Å². The number of rotatable bonds is 7. The van der Waals surface area contributed by atoms with Crippen molar-refractivity contribution in [2.24, 2.45) is 16.8 Å². The molecule has 5 heteroatoms. The van der Waals surface area contributed by atoms with Gasteiger partial charge in [-0.3, -0.25) is 4.99 Å². The van der Waals surface area contributed by atoms with Crippen LogP contribution in [0, 0.1) is 11.8 Å². The molecule has 1 aliphatic heterocycles. The highest BCUT2D eigenvalue weighted by Gasteiger charge is 2.23. The first-order valence-electron chi connectivity index (χ1n) is 8.19. The van der Waals surface area contributed by atoms with Gasteiger partial charge in [0.15, 0.2) is 5.96 Å². The average molecular weight is 411 g/mol. The van der Waals surface area contributed by atoms with Gasteiger partial charge in [0.1, 0.15) is 0 Å². The molecule has 0 aromatic rings. The normalized spacial score (nSPS) is 22.9. The number of aliphatic imine (C=N–C) groups is 1. The van der Waals surface area contributed by atoms with Crippen LogP contribution < -0.4 is 5.32 Å². The van der Waals surface area contributed by atoms with Crippen molar-refractivity contribution in [3.05, 3.63) is 0 Å². The molecule has 21 heavy (non-hydrogen) atoms. The van der Waals surface area contributed by atoms with E-state index in [-0.39, 0.29) is 24.0 Å². The van der Waals surface area contributed by atoms with Gasteiger partial charge in [0, 0.05) is 39.9 Å². The smallest absolute Gasteiger partial charge is 0.193 e. The SMILES string of the molecule is CCNC(=NCCCCCOC)N1CC(C)CC(C)C1.I. The third-order valence-electron chi connectivity index (χ3n) is 3.77. The summed E-state index contributed by atoms with van der Waals surface area (Å²) in [5.41, 5.74) is 0. The van der Waals surface area contributed by atoms with Gasteiger partial charge in [0.05, 0.1) is 0 Å².